The summed E-state index contributed by atoms with van der Waals surface area (Å²) < 4.78 is 0. The maximum atomic E-state index is 12.6. The smallest absolute Gasteiger partial charge is 0.255 e. The topological polar surface area (TPSA) is 82.2 Å². The Labute approximate surface area is 128 Å². The summed E-state index contributed by atoms with van der Waals surface area (Å²) in [6.07, 6.45) is 3.55. The summed E-state index contributed by atoms with van der Waals surface area (Å²) in [5.74, 6) is 0.152. The van der Waals surface area contributed by atoms with Crippen LogP contribution in [-0.2, 0) is 0 Å². The third-order valence-corrected chi connectivity index (χ3v) is 4.53. The van der Waals surface area contributed by atoms with Gasteiger partial charge < -0.3 is 15.4 Å². The molecule has 1 atom stereocenters. The lowest BCUT2D eigenvalue weighted by Crippen LogP contribution is -2.46. The van der Waals surface area contributed by atoms with Gasteiger partial charge in [-0.25, -0.2) is 0 Å². The SMILES string of the molecule is CC[C@H](NC(=O)c1c[nH]c(=O)c2ccccc12)C1CC(O)C1. The number of rotatable bonds is 4. The van der Waals surface area contributed by atoms with Crippen LogP contribution in [0.15, 0.2) is 35.3 Å². The number of carbonyl (C=O) groups excluding carboxylic acids is 1. The van der Waals surface area contributed by atoms with E-state index in [1.165, 1.54) is 6.20 Å². The van der Waals surface area contributed by atoms with Crippen LogP contribution in [-0.4, -0.2) is 28.1 Å². The fourth-order valence-corrected chi connectivity index (χ4v) is 3.15. The second kappa shape index (κ2) is 5.93. The Morgan fingerprint density at radius 3 is 2.68 bits per heavy atom. The number of aliphatic hydroxyl groups excluding tert-OH is 1. The molecule has 116 valence electrons. The molecule has 3 N–H and O–H groups in total. The van der Waals surface area contributed by atoms with Gasteiger partial charge >= 0.3 is 0 Å². The zero-order chi connectivity index (χ0) is 15.7. The van der Waals surface area contributed by atoms with E-state index in [-0.39, 0.29) is 23.6 Å². The molecule has 1 saturated carbocycles. The number of pyridine rings is 1. The first-order valence-corrected chi connectivity index (χ1v) is 7.69. The largest absolute Gasteiger partial charge is 0.393 e. The number of benzene rings is 1. The number of nitrogens with one attached hydrogen (secondary N) is 2. The molecule has 1 aliphatic rings. The van der Waals surface area contributed by atoms with Crippen molar-refractivity contribution >= 4 is 16.7 Å². The first-order valence-electron chi connectivity index (χ1n) is 7.69. The van der Waals surface area contributed by atoms with Crippen LogP contribution in [0.4, 0.5) is 0 Å². The van der Waals surface area contributed by atoms with E-state index in [1.807, 2.05) is 13.0 Å². The second-order valence-corrected chi connectivity index (χ2v) is 5.95. The van der Waals surface area contributed by atoms with Crippen molar-refractivity contribution in [2.75, 3.05) is 0 Å². The lowest BCUT2D eigenvalue weighted by atomic mass is 9.76. The molecule has 1 heterocycles. The van der Waals surface area contributed by atoms with Crippen molar-refractivity contribution in [3.05, 3.63) is 46.4 Å². The molecule has 0 spiro atoms. The Balaban J connectivity index is 1.86. The number of hydrogen-bond acceptors (Lipinski definition) is 3. The van der Waals surface area contributed by atoms with Gasteiger partial charge in [-0.3, -0.25) is 9.59 Å². The fraction of sp³-hybridized carbons (Fsp3) is 0.412. The van der Waals surface area contributed by atoms with E-state index in [0.717, 1.165) is 19.3 Å². The number of fused-ring (bicyclic) bond motifs is 1. The predicted octanol–water partition coefficient (Wildman–Crippen LogP) is 1.81. The lowest BCUT2D eigenvalue weighted by Gasteiger charge is -2.37. The molecule has 5 nitrogen and oxygen atoms in total. The van der Waals surface area contributed by atoms with Crippen LogP contribution in [0.2, 0.25) is 0 Å². The summed E-state index contributed by atoms with van der Waals surface area (Å²) >= 11 is 0. The maximum Gasteiger partial charge on any atom is 0.255 e. The van der Waals surface area contributed by atoms with E-state index >= 15 is 0 Å². The molecule has 3 rings (SSSR count). The molecule has 0 radical (unpaired) electrons. The standard InChI is InChI=1S/C17H20N2O3/c1-2-15(10-7-11(20)8-10)19-17(22)14-9-18-16(21)13-6-4-3-5-12(13)14/h3-6,9-11,15,20H,2,7-8H2,1H3,(H,18,21)(H,19,22)/t10?,11?,15-/m0/s1. The highest BCUT2D eigenvalue weighted by molar-refractivity contribution is 6.06. The van der Waals surface area contributed by atoms with Gasteiger partial charge in [0.1, 0.15) is 0 Å². The predicted molar refractivity (Wildman–Crippen MR) is 84.8 cm³/mol. The van der Waals surface area contributed by atoms with Crippen molar-refractivity contribution in [2.24, 2.45) is 5.92 Å². The van der Waals surface area contributed by atoms with Crippen LogP contribution in [0.3, 0.4) is 0 Å². The minimum absolute atomic E-state index is 0.0570. The molecule has 1 aromatic heterocycles. The number of aliphatic hydroxyl groups is 1. The minimum Gasteiger partial charge on any atom is -0.393 e. The Bertz CT molecular complexity index is 747. The van der Waals surface area contributed by atoms with Gasteiger partial charge in [-0.15, -0.1) is 0 Å². The van der Waals surface area contributed by atoms with Crippen molar-refractivity contribution in [2.45, 2.75) is 38.3 Å². The Morgan fingerprint density at radius 2 is 2.05 bits per heavy atom. The van der Waals surface area contributed by atoms with Crippen molar-refractivity contribution in [1.29, 1.82) is 0 Å². The van der Waals surface area contributed by atoms with Gasteiger partial charge in [0.15, 0.2) is 0 Å². The van der Waals surface area contributed by atoms with E-state index in [1.54, 1.807) is 18.2 Å². The fourth-order valence-electron chi connectivity index (χ4n) is 3.15. The summed E-state index contributed by atoms with van der Waals surface area (Å²) in [5.41, 5.74) is 0.287. The summed E-state index contributed by atoms with van der Waals surface area (Å²) in [6.45, 7) is 2.03. The monoisotopic (exact) mass is 300 g/mol. The summed E-state index contributed by atoms with van der Waals surface area (Å²) in [5, 5.41) is 13.7. The second-order valence-electron chi connectivity index (χ2n) is 5.95. The molecular weight excluding hydrogens is 280 g/mol. The van der Waals surface area contributed by atoms with E-state index < -0.39 is 0 Å². The van der Waals surface area contributed by atoms with Crippen molar-refractivity contribution in [1.82, 2.24) is 10.3 Å². The number of aromatic nitrogens is 1. The van der Waals surface area contributed by atoms with Crippen LogP contribution in [0.5, 0.6) is 0 Å². The van der Waals surface area contributed by atoms with Gasteiger partial charge in [-0.2, -0.15) is 0 Å². The highest BCUT2D eigenvalue weighted by Crippen LogP contribution is 2.31. The number of carbonyl (C=O) groups is 1. The van der Waals surface area contributed by atoms with Crippen LogP contribution in [0, 0.1) is 5.92 Å². The van der Waals surface area contributed by atoms with Gasteiger partial charge in [0.05, 0.1) is 11.7 Å². The van der Waals surface area contributed by atoms with E-state index in [2.05, 4.69) is 10.3 Å². The minimum atomic E-state index is -0.232. The van der Waals surface area contributed by atoms with Crippen molar-refractivity contribution < 1.29 is 9.90 Å². The molecule has 0 unspecified atom stereocenters. The molecule has 0 aliphatic heterocycles. The van der Waals surface area contributed by atoms with Crippen LogP contribution < -0.4 is 10.9 Å². The normalized spacial score (nSPS) is 22.1. The highest BCUT2D eigenvalue weighted by atomic mass is 16.3. The van der Waals surface area contributed by atoms with E-state index in [0.29, 0.717) is 22.3 Å². The van der Waals surface area contributed by atoms with Gasteiger partial charge in [0.25, 0.3) is 11.5 Å². The zero-order valence-electron chi connectivity index (χ0n) is 12.5. The van der Waals surface area contributed by atoms with Gasteiger partial charge in [-0.1, -0.05) is 25.1 Å². The van der Waals surface area contributed by atoms with Crippen LogP contribution in [0.25, 0.3) is 10.8 Å². The number of amides is 1. The molecule has 0 bridgehead atoms. The molecule has 2 aromatic rings. The van der Waals surface area contributed by atoms with Gasteiger partial charge in [-0.05, 0) is 31.2 Å². The summed E-state index contributed by atoms with van der Waals surface area (Å²) in [7, 11) is 0. The molecule has 1 amide bonds. The third kappa shape index (κ3) is 2.64. The average Bonchev–Trinajstić information content (AvgIpc) is 2.50. The van der Waals surface area contributed by atoms with Crippen LogP contribution in [0.1, 0.15) is 36.5 Å². The van der Waals surface area contributed by atoms with E-state index in [9.17, 15) is 14.7 Å². The molecule has 0 saturated heterocycles. The number of H-pyrrole nitrogens is 1. The highest BCUT2D eigenvalue weighted by Gasteiger charge is 2.34. The Kier molecular flexibility index (Phi) is 3.98. The van der Waals surface area contributed by atoms with E-state index in [4.69, 9.17) is 0 Å². The maximum absolute atomic E-state index is 12.6. The van der Waals surface area contributed by atoms with Crippen LogP contribution >= 0.6 is 0 Å². The molecule has 1 fully saturated rings. The molecule has 1 aliphatic carbocycles. The molecule has 1 aromatic carbocycles. The Morgan fingerprint density at radius 1 is 1.36 bits per heavy atom. The zero-order valence-corrected chi connectivity index (χ0v) is 12.5. The quantitative estimate of drug-likeness (QED) is 0.805. The molecule has 22 heavy (non-hydrogen) atoms. The lowest BCUT2D eigenvalue weighted by molar-refractivity contribution is 0.0233. The number of aromatic amines is 1. The molecular formula is C17H20N2O3. The van der Waals surface area contributed by atoms with Gasteiger partial charge in [0.2, 0.25) is 0 Å². The van der Waals surface area contributed by atoms with Crippen molar-refractivity contribution in [3.63, 3.8) is 0 Å². The van der Waals surface area contributed by atoms with Gasteiger partial charge in [0, 0.05) is 23.0 Å². The first kappa shape index (κ1) is 14.8. The van der Waals surface area contributed by atoms with Crippen molar-refractivity contribution in [3.8, 4) is 0 Å². The average molecular weight is 300 g/mol. The molecule has 5 heteroatoms. The summed E-state index contributed by atoms with van der Waals surface area (Å²) in [6, 6.07) is 7.15. The third-order valence-electron chi connectivity index (χ3n) is 4.53. The first-order chi connectivity index (χ1) is 10.6. The number of hydrogen-bond donors (Lipinski definition) is 3. The Hall–Kier alpha value is -2.14. The summed E-state index contributed by atoms with van der Waals surface area (Å²) in [4.78, 5) is 27.0.